The van der Waals surface area contributed by atoms with E-state index in [4.69, 9.17) is 21.1 Å². The van der Waals surface area contributed by atoms with Gasteiger partial charge in [0.25, 0.3) is 0 Å². The van der Waals surface area contributed by atoms with Crippen molar-refractivity contribution in [2.45, 2.75) is 25.9 Å². The largest absolute Gasteiger partial charge is 0.441 e. The number of benzene rings is 3. The summed E-state index contributed by atoms with van der Waals surface area (Å²) in [6, 6.07) is 24.5. The fourth-order valence-electron chi connectivity index (χ4n) is 3.74. The Labute approximate surface area is 213 Å². The number of anilines is 1. The molecule has 1 heterocycles. The Morgan fingerprint density at radius 1 is 0.972 bits per heavy atom. The Morgan fingerprint density at radius 3 is 2.25 bits per heavy atom. The summed E-state index contributed by atoms with van der Waals surface area (Å²) in [7, 11) is 0. The topological polar surface area (TPSA) is 82.4 Å². The van der Waals surface area contributed by atoms with E-state index in [1.165, 1.54) is 6.20 Å². The molecule has 1 amide bonds. The lowest BCUT2D eigenvalue weighted by Crippen LogP contribution is -2.18. The zero-order chi connectivity index (χ0) is 25.1. The number of aromatic nitrogens is 2. The summed E-state index contributed by atoms with van der Waals surface area (Å²) in [6.45, 7) is 1.80. The third kappa shape index (κ3) is 5.42. The predicted octanol–water partition coefficient (Wildman–Crippen LogP) is 6.82. The van der Waals surface area contributed by atoms with E-state index in [0.717, 1.165) is 29.5 Å². The van der Waals surface area contributed by atoms with Gasteiger partial charge in [-0.3, -0.25) is 10.1 Å². The minimum atomic E-state index is -0.630. The highest BCUT2D eigenvalue weighted by molar-refractivity contribution is 6.33. The van der Waals surface area contributed by atoms with E-state index in [1.54, 1.807) is 23.7 Å². The van der Waals surface area contributed by atoms with Crippen molar-refractivity contribution >= 4 is 29.5 Å². The van der Waals surface area contributed by atoms with Crippen molar-refractivity contribution in [1.82, 2.24) is 9.78 Å². The molecule has 0 aliphatic heterocycles. The Morgan fingerprint density at radius 2 is 1.61 bits per heavy atom. The molecule has 1 aliphatic rings. The summed E-state index contributed by atoms with van der Waals surface area (Å²) < 4.78 is 12.4. The lowest BCUT2D eigenvalue weighted by Gasteiger charge is -2.15. The summed E-state index contributed by atoms with van der Waals surface area (Å²) in [6.07, 6.45) is 2.23. The van der Waals surface area contributed by atoms with Crippen molar-refractivity contribution in [3.05, 3.63) is 95.6 Å². The molecule has 8 heteroatoms. The molecule has 182 valence electrons. The van der Waals surface area contributed by atoms with Crippen LogP contribution >= 0.6 is 11.6 Å². The van der Waals surface area contributed by atoms with Gasteiger partial charge < -0.3 is 9.47 Å². The van der Waals surface area contributed by atoms with Crippen LogP contribution in [-0.4, -0.2) is 21.8 Å². The van der Waals surface area contributed by atoms with Crippen LogP contribution in [0.1, 0.15) is 31.4 Å². The smallest absolute Gasteiger partial charge is 0.413 e. The van der Waals surface area contributed by atoms with Gasteiger partial charge in [-0.1, -0.05) is 66.2 Å². The quantitative estimate of drug-likeness (QED) is 0.222. The summed E-state index contributed by atoms with van der Waals surface area (Å²) in [5.74, 6) is 0.758. The molecule has 1 saturated carbocycles. The summed E-state index contributed by atoms with van der Waals surface area (Å²) in [5.41, 5.74) is 3.55. The van der Waals surface area contributed by atoms with E-state index in [2.05, 4.69) is 10.4 Å². The summed E-state index contributed by atoms with van der Waals surface area (Å²) in [5, 5.41) is 7.30. The van der Waals surface area contributed by atoms with Gasteiger partial charge in [0.2, 0.25) is 0 Å². The molecule has 0 spiro atoms. The van der Waals surface area contributed by atoms with Crippen molar-refractivity contribution in [3.63, 3.8) is 0 Å². The normalized spacial score (nSPS) is 13.6. The Balaban J connectivity index is 1.26. The SMILES string of the molecule is C[C@@H](OC(=O)Nc1c(Cl)cnn1-c1ccc(-c2ccc(OC(=O)C3CC3)cc2)cc1)c1ccccc1. The number of nitrogens with one attached hydrogen (secondary N) is 1. The molecule has 3 aromatic carbocycles. The van der Waals surface area contributed by atoms with Crippen LogP contribution in [-0.2, 0) is 9.53 Å². The van der Waals surface area contributed by atoms with Gasteiger partial charge in [-0.05, 0) is 60.7 Å². The molecule has 1 aliphatic carbocycles. The lowest BCUT2D eigenvalue weighted by molar-refractivity contribution is -0.135. The highest BCUT2D eigenvalue weighted by atomic mass is 35.5. The second-order valence-electron chi connectivity index (χ2n) is 8.60. The van der Waals surface area contributed by atoms with E-state index in [0.29, 0.717) is 22.3 Å². The van der Waals surface area contributed by atoms with Gasteiger partial charge in [0, 0.05) is 0 Å². The molecule has 1 fully saturated rings. The Hall–Kier alpha value is -4.10. The number of carbonyl (C=O) groups excluding carboxylic acids is 2. The minimum Gasteiger partial charge on any atom is -0.441 e. The van der Waals surface area contributed by atoms with Gasteiger partial charge >= 0.3 is 12.1 Å². The lowest BCUT2D eigenvalue weighted by atomic mass is 10.1. The maximum atomic E-state index is 12.5. The molecule has 4 aromatic rings. The maximum Gasteiger partial charge on any atom is 0.413 e. The molecule has 0 bridgehead atoms. The minimum absolute atomic E-state index is 0.0570. The average molecular weight is 502 g/mol. The molecular weight excluding hydrogens is 478 g/mol. The fraction of sp³-hybridized carbons (Fsp3) is 0.179. The van der Waals surface area contributed by atoms with Crippen LogP contribution in [0.3, 0.4) is 0 Å². The van der Waals surface area contributed by atoms with Crippen LogP contribution in [0.5, 0.6) is 5.75 Å². The van der Waals surface area contributed by atoms with Crippen LogP contribution in [0.4, 0.5) is 10.6 Å². The van der Waals surface area contributed by atoms with Gasteiger partial charge in [-0.15, -0.1) is 0 Å². The fourth-order valence-corrected chi connectivity index (χ4v) is 3.92. The van der Waals surface area contributed by atoms with Crippen LogP contribution in [0.25, 0.3) is 16.8 Å². The number of carbonyl (C=O) groups is 2. The molecule has 1 N–H and O–H groups in total. The molecule has 1 aromatic heterocycles. The highest BCUT2D eigenvalue weighted by Gasteiger charge is 2.31. The maximum absolute atomic E-state index is 12.5. The van der Waals surface area contributed by atoms with Crippen molar-refractivity contribution in [2.75, 3.05) is 5.32 Å². The number of halogens is 1. The first-order chi connectivity index (χ1) is 17.5. The van der Waals surface area contributed by atoms with Crippen LogP contribution < -0.4 is 10.1 Å². The van der Waals surface area contributed by atoms with Crippen LogP contribution in [0, 0.1) is 5.92 Å². The van der Waals surface area contributed by atoms with Crippen molar-refractivity contribution in [3.8, 4) is 22.6 Å². The monoisotopic (exact) mass is 501 g/mol. The number of amides is 1. The standard InChI is InChI=1S/C28H24ClN3O4/c1-18(19-5-3-2-4-6-19)35-28(34)31-26-25(29)17-30-32(26)23-13-9-20(10-14-23)21-11-15-24(16-12-21)36-27(33)22-7-8-22/h2-6,9-18,22H,7-8H2,1H3,(H,31,34)/t18-/m1/s1. The summed E-state index contributed by atoms with van der Waals surface area (Å²) in [4.78, 5) is 24.4. The first-order valence-corrected chi connectivity index (χ1v) is 12.0. The van der Waals surface area contributed by atoms with Crippen molar-refractivity contribution < 1.29 is 19.1 Å². The molecule has 36 heavy (non-hydrogen) atoms. The molecule has 1 atom stereocenters. The van der Waals surface area contributed by atoms with Gasteiger partial charge in [0.1, 0.15) is 16.9 Å². The van der Waals surface area contributed by atoms with Gasteiger partial charge in [0.05, 0.1) is 17.8 Å². The Kier molecular flexibility index (Phi) is 6.73. The van der Waals surface area contributed by atoms with Crippen LogP contribution in [0.15, 0.2) is 85.1 Å². The summed E-state index contributed by atoms with van der Waals surface area (Å²) >= 11 is 6.30. The number of esters is 1. The van der Waals surface area contributed by atoms with E-state index in [1.807, 2.05) is 66.7 Å². The second-order valence-corrected chi connectivity index (χ2v) is 9.01. The van der Waals surface area contributed by atoms with Crippen LogP contribution in [0.2, 0.25) is 5.02 Å². The van der Waals surface area contributed by atoms with Gasteiger partial charge in [-0.2, -0.15) is 5.10 Å². The average Bonchev–Trinajstić information content (AvgIpc) is 3.69. The number of hydrogen-bond acceptors (Lipinski definition) is 5. The van der Waals surface area contributed by atoms with E-state index >= 15 is 0 Å². The Bertz CT molecular complexity index is 1360. The molecular formula is C28H24ClN3O4. The van der Waals surface area contributed by atoms with Gasteiger partial charge in [0.15, 0.2) is 5.82 Å². The molecule has 0 unspecified atom stereocenters. The number of nitrogens with zero attached hydrogens (tertiary/aromatic N) is 2. The zero-order valence-electron chi connectivity index (χ0n) is 19.6. The highest BCUT2D eigenvalue weighted by Crippen LogP contribution is 2.32. The number of hydrogen-bond donors (Lipinski definition) is 1. The molecule has 0 saturated heterocycles. The van der Waals surface area contributed by atoms with E-state index in [9.17, 15) is 9.59 Å². The molecule has 7 nitrogen and oxygen atoms in total. The zero-order valence-corrected chi connectivity index (χ0v) is 20.3. The van der Waals surface area contributed by atoms with Crippen molar-refractivity contribution in [1.29, 1.82) is 0 Å². The molecule has 5 rings (SSSR count). The van der Waals surface area contributed by atoms with Crippen molar-refractivity contribution in [2.24, 2.45) is 5.92 Å². The predicted molar refractivity (Wildman–Crippen MR) is 137 cm³/mol. The second kappa shape index (κ2) is 10.3. The van der Waals surface area contributed by atoms with E-state index in [-0.39, 0.29) is 11.9 Å². The third-order valence-electron chi connectivity index (χ3n) is 5.93. The number of ether oxygens (including phenoxy) is 2. The van der Waals surface area contributed by atoms with Gasteiger partial charge in [-0.25, -0.2) is 9.48 Å². The first-order valence-electron chi connectivity index (χ1n) is 11.7. The third-order valence-corrected chi connectivity index (χ3v) is 6.20. The number of rotatable bonds is 7. The van der Waals surface area contributed by atoms with E-state index < -0.39 is 12.2 Å². The first kappa shape index (κ1) is 23.6. The molecule has 0 radical (unpaired) electrons.